The maximum absolute atomic E-state index is 12.2. The summed E-state index contributed by atoms with van der Waals surface area (Å²) in [5.74, 6) is 0.0178. The van der Waals surface area contributed by atoms with E-state index in [0.717, 1.165) is 27.1 Å². The third kappa shape index (κ3) is 2.27. The lowest BCUT2D eigenvalue weighted by Gasteiger charge is -2.04. The van der Waals surface area contributed by atoms with E-state index in [1.165, 1.54) is 0 Å². The van der Waals surface area contributed by atoms with Crippen LogP contribution in [0.1, 0.15) is 11.3 Å². The highest BCUT2D eigenvalue weighted by atomic mass is 32.1. The Morgan fingerprint density at radius 1 is 1.36 bits per heavy atom. The fourth-order valence-electron chi connectivity index (χ4n) is 2.60. The molecular weight excluding hydrogens is 296 g/mol. The van der Waals surface area contributed by atoms with E-state index in [9.17, 15) is 4.79 Å². The predicted molar refractivity (Wildman–Crippen MR) is 86.9 cm³/mol. The van der Waals surface area contributed by atoms with Crippen LogP contribution in [0.2, 0.25) is 0 Å². The summed E-state index contributed by atoms with van der Waals surface area (Å²) in [5, 5.41) is 6.10. The fourth-order valence-corrected chi connectivity index (χ4v) is 3.45. The number of carbonyl (C=O) groups excluding carboxylic acids is 1. The summed E-state index contributed by atoms with van der Waals surface area (Å²) in [6.45, 7) is 0.511. The van der Waals surface area contributed by atoms with E-state index >= 15 is 0 Å². The van der Waals surface area contributed by atoms with Gasteiger partial charge >= 0.3 is 0 Å². The number of thiazole rings is 1. The first-order valence-electron chi connectivity index (χ1n) is 7.02. The number of benzene rings is 1. The van der Waals surface area contributed by atoms with Crippen molar-refractivity contribution in [1.29, 1.82) is 0 Å². The first-order chi connectivity index (χ1) is 10.8. The summed E-state index contributed by atoms with van der Waals surface area (Å²) >= 11 is 1.58. The van der Waals surface area contributed by atoms with E-state index in [4.69, 9.17) is 0 Å². The molecule has 0 aliphatic rings. The minimum atomic E-state index is 0.0178. The molecule has 0 saturated heterocycles. The van der Waals surface area contributed by atoms with E-state index in [-0.39, 0.29) is 5.91 Å². The molecule has 2 N–H and O–H groups in total. The van der Waals surface area contributed by atoms with Crippen molar-refractivity contribution in [2.75, 3.05) is 0 Å². The Bertz CT molecular complexity index is 949. The van der Waals surface area contributed by atoms with E-state index in [0.29, 0.717) is 13.0 Å². The van der Waals surface area contributed by atoms with E-state index in [1.807, 2.05) is 46.4 Å². The zero-order chi connectivity index (χ0) is 14.9. The smallest absolute Gasteiger partial charge is 0.224 e. The van der Waals surface area contributed by atoms with Gasteiger partial charge in [0.15, 0.2) is 4.96 Å². The van der Waals surface area contributed by atoms with Crippen LogP contribution in [0.15, 0.2) is 48.2 Å². The van der Waals surface area contributed by atoms with Crippen molar-refractivity contribution in [3.63, 3.8) is 0 Å². The van der Waals surface area contributed by atoms with Crippen molar-refractivity contribution in [2.45, 2.75) is 13.0 Å². The van der Waals surface area contributed by atoms with Crippen LogP contribution in [0.3, 0.4) is 0 Å². The van der Waals surface area contributed by atoms with Crippen molar-refractivity contribution in [3.8, 4) is 0 Å². The largest absolute Gasteiger partial charge is 0.361 e. The molecule has 0 bridgehead atoms. The van der Waals surface area contributed by atoms with Crippen LogP contribution >= 0.6 is 11.3 Å². The Morgan fingerprint density at radius 3 is 3.23 bits per heavy atom. The zero-order valence-corrected chi connectivity index (χ0v) is 12.6. The van der Waals surface area contributed by atoms with Crippen molar-refractivity contribution in [1.82, 2.24) is 19.7 Å². The quantitative estimate of drug-likeness (QED) is 0.609. The first kappa shape index (κ1) is 13.1. The second kappa shape index (κ2) is 5.31. The first-order valence-corrected chi connectivity index (χ1v) is 7.90. The minimum Gasteiger partial charge on any atom is -0.361 e. The summed E-state index contributed by atoms with van der Waals surface area (Å²) in [4.78, 5) is 20.5. The molecule has 3 heterocycles. The summed E-state index contributed by atoms with van der Waals surface area (Å²) in [5.41, 5.74) is 3.12. The Labute approximate surface area is 130 Å². The second-order valence-corrected chi connectivity index (χ2v) is 5.96. The topological polar surface area (TPSA) is 62.2 Å². The monoisotopic (exact) mass is 310 g/mol. The lowest BCUT2D eigenvalue weighted by atomic mass is 10.1. The number of hydrogen-bond donors (Lipinski definition) is 2. The van der Waals surface area contributed by atoms with Crippen molar-refractivity contribution < 1.29 is 4.79 Å². The molecule has 6 heteroatoms. The SMILES string of the molecule is O=C(Cc1c[nH]c2ccccc12)NCc1csc2nccn12. The van der Waals surface area contributed by atoms with E-state index in [1.54, 1.807) is 17.5 Å². The Balaban J connectivity index is 1.45. The number of nitrogens with zero attached hydrogens (tertiary/aromatic N) is 2. The van der Waals surface area contributed by atoms with Gasteiger partial charge in [-0.1, -0.05) is 18.2 Å². The van der Waals surface area contributed by atoms with Crippen molar-refractivity contribution >= 4 is 33.1 Å². The molecule has 0 fully saturated rings. The average Bonchev–Trinajstić information content (AvgIpc) is 3.22. The number of imidazole rings is 1. The lowest BCUT2D eigenvalue weighted by molar-refractivity contribution is -0.120. The lowest BCUT2D eigenvalue weighted by Crippen LogP contribution is -2.25. The molecule has 110 valence electrons. The Kier molecular flexibility index (Phi) is 3.16. The van der Waals surface area contributed by atoms with Gasteiger partial charge in [-0.3, -0.25) is 9.20 Å². The zero-order valence-electron chi connectivity index (χ0n) is 11.7. The highest BCUT2D eigenvalue weighted by molar-refractivity contribution is 7.15. The van der Waals surface area contributed by atoms with Gasteiger partial charge in [0.25, 0.3) is 0 Å². The fraction of sp³-hybridized carbons (Fsp3) is 0.125. The molecule has 0 unspecified atom stereocenters. The average molecular weight is 310 g/mol. The van der Waals surface area contributed by atoms with Crippen LogP contribution in [0.4, 0.5) is 0 Å². The second-order valence-electron chi connectivity index (χ2n) is 5.12. The summed E-state index contributed by atoms with van der Waals surface area (Å²) in [6, 6.07) is 8.01. The number of H-pyrrole nitrogens is 1. The van der Waals surface area contributed by atoms with Crippen LogP contribution in [0.5, 0.6) is 0 Å². The molecule has 0 aliphatic carbocycles. The number of amides is 1. The van der Waals surface area contributed by atoms with Crippen LogP contribution in [-0.2, 0) is 17.8 Å². The molecular formula is C16H14N4OS. The molecule has 0 spiro atoms. The third-order valence-corrected chi connectivity index (χ3v) is 4.61. The van der Waals surface area contributed by atoms with Gasteiger partial charge < -0.3 is 10.3 Å². The highest BCUT2D eigenvalue weighted by Gasteiger charge is 2.10. The molecule has 5 nitrogen and oxygen atoms in total. The number of aromatic nitrogens is 3. The molecule has 1 aromatic carbocycles. The molecule has 0 radical (unpaired) electrons. The molecule has 3 aromatic heterocycles. The van der Waals surface area contributed by atoms with Gasteiger partial charge in [0.05, 0.1) is 18.7 Å². The summed E-state index contributed by atoms with van der Waals surface area (Å²) < 4.78 is 2.00. The molecule has 4 aromatic rings. The minimum absolute atomic E-state index is 0.0178. The summed E-state index contributed by atoms with van der Waals surface area (Å²) in [7, 11) is 0. The number of nitrogens with one attached hydrogen (secondary N) is 2. The number of rotatable bonds is 4. The molecule has 0 aliphatic heterocycles. The Morgan fingerprint density at radius 2 is 2.27 bits per heavy atom. The molecule has 22 heavy (non-hydrogen) atoms. The molecule has 4 rings (SSSR count). The number of fused-ring (bicyclic) bond motifs is 2. The van der Waals surface area contributed by atoms with Crippen LogP contribution in [0.25, 0.3) is 15.9 Å². The van der Waals surface area contributed by atoms with Gasteiger partial charge in [0.2, 0.25) is 5.91 Å². The normalized spacial score (nSPS) is 11.3. The maximum atomic E-state index is 12.2. The Hall–Kier alpha value is -2.60. The van der Waals surface area contributed by atoms with Gasteiger partial charge in [-0.25, -0.2) is 4.98 Å². The molecule has 0 atom stereocenters. The van der Waals surface area contributed by atoms with Crippen LogP contribution < -0.4 is 5.32 Å². The third-order valence-electron chi connectivity index (χ3n) is 3.71. The number of hydrogen-bond acceptors (Lipinski definition) is 3. The number of aromatic amines is 1. The van der Waals surface area contributed by atoms with Crippen molar-refractivity contribution in [2.24, 2.45) is 0 Å². The standard InChI is InChI=1S/C16H14N4OS/c21-15(7-11-8-18-14-4-2-1-3-13(11)14)19-9-12-10-22-16-17-5-6-20(12)16/h1-6,8,10,18H,7,9H2,(H,19,21). The van der Waals surface area contributed by atoms with Gasteiger partial charge in [0.1, 0.15) is 0 Å². The van der Waals surface area contributed by atoms with E-state index < -0.39 is 0 Å². The van der Waals surface area contributed by atoms with Gasteiger partial charge in [-0.2, -0.15) is 0 Å². The van der Waals surface area contributed by atoms with Crippen LogP contribution in [-0.4, -0.2) is 20.3 Å². The predicted octanol–water partition coefficient (Wildman–Crippen LogP) is 2.74. The highest BCUT2D eigenvalue weighted by Crippen LogP contribution is 2.18. The summed E-state index contributed by atoms with van der Waals surface area (Å²) in [6.07, 6.45) is 5.96. The molecule has 0 saturated carbocycles. The van der Waals surface area contributed by atoms with Gasteiger partial charge in [0, 0.05) is 34.9 Å². The van der Waals surface area contributed by atoms with Crippen molar-refractivity contribution in [3.05, 3.63) is 59.5 Å². The van der Waals surface area contributed by atoms with Crippen LogP contribution in [0, 0.1) is 0 Å². The number of para-hydroxylation sites is 1. The van der Waals surface area contributed by atoms with E-state index in [2.05, 4.69) is 15.3 Å². The molecule has 1 amide bonds. The van der Waals surface area contributed by atoms with Gasteiger partial charge in [-0.05, 0) is 11.6 Å². The van der Waals surface area contributed by atoms with Gasteiger partial charge in [-0.15, -0.1) is 11.3 Å². The number of carbonyl (C=O) groups is 1. The maximum Gasteiger partial charge on any atom is 0.224 e.